The van der Waals surface area contributed by atoms with Gasteiger partial charge in [0.25, 0.3) is 0 Å². The summed E-state index contributed by atoms with van der Waals surface area (Å²) in [4.78, 5) is 12.9. The van der Waals surface area contributed by atoms with E-state index in [-0.39, 0.29) is 0 Å². The molecule has 0 saturated heterocycles. The maximum atomic E-state index is 12.9. The SMILES string of the molecule is CCC(C(=O)Nc1cc(Cl)ccc1C)N(c1cccc(C)c1)S(C)(=O)=O. The summed E-state index contributed by atoms with van der Waals surface area (Å²) in [5, 5.41) is 3.31. The molecule has 0 aliphatic rings. The van der Waals surface area contributed by atoms with Crippen molar-refractivity contribution in [2.75, 3.05) is 15.9 Å². The highest BCUT2D eigenvalue weighted by Crippen LogP contribution is 2.25. The van der Waals surface area contributed by atoms with E-state index >= 15 is 0 Å². The Kier molecular flexibility index (Phi) is 6.31. The third-order valence-electron chi connectivity index (χ3n) is 4.04. The molecule has 0 aliphatic carbocycles. The Morgan fingerprint density at radius 3 is 2.46 bits per heavy atom. The van der Waals surface area contributed by atoms with Crippen LogP contribution in [0.3, 0.4) is 0 Å². The molecule has 0 bridgehead atoms. The van der Waals surface area contributed by atoms with Crippen molar-refractivity contribution in [3.05, 3.63) is 58.6 Å². The van der Waals surface area contributed by atoms with Crippen LogP contribution in [-0.2, 0) is 14.8 Å². The molecule has 1 unspecified atom stereocenters. The van der Waals surface area contributed by atoms with Crippen LogP contribution in [0.2, 0.25) is 5.02 Å². The first-order valence-corrected chi connectivity index (χ1v) is 10.5. The monoisotopic (exact) mass is 394 g/mol. The molecule has 0 saturated carbocycles. The minimum atomic E-state index is -3.66. The highest BCUT2D eigenvalue weighted by Gasteiger charge is 2.31. The maximum absolute atomic E-state index is 12.9. The zero-order valence-electron chi connectivity index (χ0n) is 15.3. The Morgan fingerprint density at radius 1 is 1.19 bits per heavy atom. The molecule has 2 aromatic carbocycles. The summed E-state index contributed by atoms with van der Waals surface area (Å²) in [7, 11) is -3.66. The number of amides is 1. The van der Waals surface area contributed by atoms with Crippen LogP contribution < -0.4 is 9.62 Å². The normalized spacial score (nSPS) is 12.5. The Hall–Kier alpha value is -2.05. The number of benzene rings is 2. The smallest absolute Gasteiger partial charge is 0.248 e. The van der Waals surface area contributed by atoms with Gasteiger partial charge in [0, 0.05) is 10.7 Å². The molecule has 0 aliphatic heterocycles. The van der Waals surface area contributed by atoms with Gasteiger partial charge in [-0.2, -0.15) is 0 Å². The number of sulfonamides is 1. The van der Waals surface area contributed by atoms with Crippen LogP contribution in [0.5, 0.6) is 0 Å². The second-order valence-corrected chi connectivity index (χ2v) is 8.57. The number of carbonyl (C=O) groups is 1. The number of rotatable bonds is 6. The fourth-order valence-corrected chi connectivity index (χ4v) is 4.15. The largest absolute Gasteiger partial charge is 0.324 e. The van der Waals surface area contributed by atoms with E-state index in [4.69, 9.17) is 11.6 Å². The van der Waals surface area contributed by atoms with Crippen molar-refractivity contribution in [2.24, 2.45) is 0 Å². The number of carbonyl (C=O) groups excluding carboxylic acids is 1. The van der Waals surface area contributed by atoms with E-state index in [2.05, 4.69) is 5.32 Å². The van der Waals surface area contributed by atoms with Crippen LogP contribution in [0.1, 0.15) is 24.5 Å². The topological polar surface area (TPSA) is 66.5 Å². The average molecular weight is 395 g/mol. The predicted molar refractivity (Wildman–Crippen MR) is 107 cm³/mol. The molecule has 0 spiro atoms. The number of hydrogen-bond donors (Lipinski definition) is 1. The lowest BCUT2D eigenvalue weighted by atomic mass is 10.1. The quantitative estimate of drug-likeness (QED) is 0.800. The van der Waals surface area contributed by atoms with E-state index in [1.165, 1.54) is 4.31 Å². The third kappa shape index (κ3) is 4.77. The summed E-state index contributed by atoms with van der Waals surface area (Å²) in [6.45, 7) is 5.51. The lowest BCUT2D eigenvalue weighted by molar-refractivity contribution is -0.117. The van der Waals surface area contributed by atoms with Crippen molar-refractivity contribution >= 4 is 38.9 Å². The van der Waals surface area contributed by atoms with Crippen LogP contribution in [-0.4, -0.2) is 26.6 Å². The van der Waals surface area contributed by atoms with Gasteiger partial charge < -0.3 is 5.32 Å². The minimum Gasteiger partial charge on any atom is -0.324 e. The molecule has 1 N–H and O–H groups in total. The van der Waals surface area contributed by atoms with Gasteiger partial charge in [-0.1, -0.05) is 36.7 Å². The first kappa shape index (κ1) is 20.3. The van der Waals surface area contributed by atoms with Crippen molar-refractivity contribution in [2.45, 2.75) is 33.2 Å². The lowest BCUT2D eigenvalue weighted by Gasteiger charge is -2.30. The summed E-state index contributed by atoms with van der Waals surface area (Å²) in [5.74, 6) is -0.398. The molecule has 2 aromatic rings. The number of anilines is 2. The van der Waals surface area contributed by atoms with Gasteiger partial charge in [-0.05, 0) is 55.7 Å². The van der Waals surface area contributed by atoms with E-state index in [1.807, 2.05) is 19.9 Å². The Morgan fingerprint density at radius 2 is 1.88 bits per heavy atom. The van der Waals surface area contributed by atoms with E-state index in [1.54, 1.807) is 43.3 Å². The zero-order chi connectivity index (χ0) is 19.5. The molecule has 0 heterocycles. The number of halogens is 1. The fraction of sp³-hybridized carbons (Fsp3) is 0.316. The van der Waals surface area contributed by atoms with Gasteiger partial charge >= 0.3 is 0 Å². The summed E-state index contributed by atoms with van der Waals surface area (Å²) in [6, 6.07) is 11.4. The molecule has 0 aromatic heterocycles. The third-order valence-corrected chi connectivity index (χ3v) is 5.46. The van der Waals surface area contributed by atoms with Gasteiger partial charge in [-0.15, -0.1) is 0 Å². The van der Waals surface area contributed by atoms with E-state index in [0.717, 1.165) is 17.4 Å². The molecule has 2 rings (SSSR count). The van der Waals surface area contributed by atoms with Crippen LogP contribution in [0.15, 0.2) is 42.5 Å². The number of nitrogens with zero attached hydrogens (tertiary/aromatic N) is 1. The fourth-order valence-electron chi connectivity index (χ4n) is 2.77. The highest BCUT2D eigenvalue weighted by molar-refractivity contribution is 7.92. The lowest BCUT2D eigenvalue weighted by Crippen LogP contribution is -2.47. The second kappa shape index (κ2) is 8.10. The van der Waals surface area contributed by atoms with Crippen molar-refractivity contribution in [3.63, 3.8) is 0 Å². The minimum absolute atomic E-state index is 0.326. The molecule has 0 fully saturated rings. The van der Waals surface area contributed by atoms with Gasteiger partial charge in [-0.3, -0.25) is 9.10 Å². The highest BCUT2D eigenvalue weighted by atomic mass is 35.5. The molecule has 140 valence electrons. The van der Waals surface area contributed by atoms with Crippen molar-refractivity contribution in [3.8, 4) is 0 Å². The molecular weight excluding hydrogens is 372 g/mol. The van der Waals surface area contributed by atoms with E-state index in [9.17, 15) is 13.2 Å². The maximum Gasteiger partial charge on any atom is 0.248 e. The Balaban J connectivity index is 2.41. The van der Waals surface area contributed by atoms with Crippen LogP contribution >= 0.6 is 11.6 Å². The van der Waals surface area contributed by atoms with Crippen molar-refractivity contribution in [1.29, 1.82) is 0 Å². The van der Waals surface area contributed by atoms with Crippen LogP contribution in [0.25, 0.3) is 0 Å². The van der Waals surface area contributed by atoms with Gasteiger partial charge in [0.05, 0.1) is 11.9 Å². The van der Waals surface area contributed by atoms with Gasteiger partial charge in [0.15, 0.2) is 0 Å². The molecule has 26 heavy (non-hydrogen) atoms. The molecule has 5 nitrogen and oxygen atoms in total. The first-order valence-electron chi connectivity index (χ1n) is 8.26. The summed E-state index contributed by atoms with van der Waals surface area (Å²) < 4.78 is 26.1. The van der Waals surface area contributed by atoms with Gasteiger partial charge in [-0.25, -0.2) is 8.42 Å². The van der Waals surface area contributed by atoms with Gasteiger partial charge in [0.2, 0.25) is 15.9 Å². The van der Waals surface area contributed by atoms with Crippen molar-refractivity contribution < 1.29 is 13.2 Å². The first-order chi connectivity index (χ1) is 12.1. The summed E-state index contributed by atoms with van der Waals surface area (Å²) >= 11 is 6.00. The molecule has 7 heteroatoms. The molecule has 0 radical (unpaired) electrons. The van der Waals surface area contributed by atoms with Crippen LogP contribution in [0.4, 0.5) is 11.4 Å². The number of aryl methyl sites for hydroxylation is 2. The van der Waals surface area contributed by atoms with Gasteiger partial charge in [0.1, 0.15) is 6.04 Å². The van der Waals surface area contributed by atoms with E-state index in [0.29, 0.717) is 22.8 Å². The van der Waals surface area contributed by atoms with Crippen molar-refractivity contribution in [1.82, 2.24) is 0 Å². The summed E-state index contributed by atoms with van der Waals surface area (Å²) in [5.41, 5.74) is 2.80. The summed E-state index contributed by atoms with van der Waals surface area (Å²) in [6.07, 6.45) is 1.43. The van der Waals surface area contributed by atoms with Crippen LogP contribution in [0, 0.1) is 13.8 Å². The Bertz CT molecular complexity index is 913. The molecular formula is C19H23ClN2O3S. The number of nitrogens with one attached hydrogen (secondary N) is 1. The zero-order valence-corrected chi connectivity index (χ0v) is 16.9. The molecule has 1 atom stereocenters. The Labute approximate surface area is 160 Å². The average Bonchev–Trinajstić information content (AvgIpc) is 2.54. The molecule has 1 amide bonds. The second-order valence-electron chi connectivity index (χ2n) is 6.27. The predicted octanol–water partition coefficient (Wildman–Crippen LogP) is 4.14. The number of hydrogen-bond acceptors (Lipinski definition) is 3. The standard InChI is InChI=1S/C19H23ClN2O3S/c1-5-18(19(23)21-17-12-15(20)10-9-14(17)3)22(26(4,24)25)16-8-6-7-13(2)11-16/h6-12,18H,5H2,1-4H3,(H,21,23). The van der Waals surface area contributed by atoms with E-state index < -0.39 is 22.0 Å².